The number of hydrogen-bond acceptors (Lipinski definition) is 23. The van der Waals surface area contributed by atoms with Gasteiger partial charge in [-0.1, -0.05) is 68.4 Å². The van der Waals surface area contributed by atoms with Gasteiger partial charge >= 0.3 is 65.5 Å². The molecule has 15 rings (SSSR count). The van der Waals surface area contributed by atoms with Crippen LogP contribution in [0.1, 0.15) is 94.5 Å². The van der Waals surface area contributed by atoms with Gasteiger partial charge in [0.05, 0.1) is 57.8 Å². The Morgan fingerprint density at radius 3 is 0.820 bits per heavy atom. The summed E-state index contributed by atoms with van der Waals surface area (Å²) in [5, 5.41) is 36.4. The summed E-state index contributed by atoms with van der Waals surface area (Å²) in [6.07, 6.45) is -28.5. The first kappa shape index (κ1) is 130. The summed E-state index contributed by atoms with van der Waals surface area (Å²) in [5.41, 5.74) is -6.67. The first-order chi connectivity index (χ1) is 68.1. The molecule has 150 heavy (non-hydrogen) atoms. The Morgan fingerprint density at radius 2 is 0.547 bits per heavy atom. The quantitative estimate of drug-likeness (QED) is 0.0276. The summed E-state index contributed by atoms with van der Waals surface area (Å²) in [7, 11) is 6.97. The monoisotopic (exact) mass is 2600 g/mol. The van der Waals surface area contributed by atoms with E-state index in [4.69, 9.17) is 91.2 Å². The summed E-state index contributed by atoms with van der Waals surface area (Å²) in [6.45, 7) is 7.22. The van der Waals surface area contributed by atoms with Crippen molar-refractivity contribution >= 4 is 69.8 Å². The zero-order valence-corrected chi connectivity index (χ0v) is 97.6. The number of halogens is 23. The average molecular weight is 2610 g/mol. The molecule has 0 bridgehead atoms. The zero-order chi connectivity index (χ0) is 106. The Labute approximate surface area is 991 Å². The second-order valence-electron chi connectivity index (χ2n) is 29.9. The molecule has 0 fully saturated rings. The largest absolute Gasteiger partial charge is 0.514 e. The third kappa shape index (κ3) is 33.4. The minimum absolute atomic E-state index is 0. The van der Waals surface area contributed by atoms with E-state index >= 15 is 0 Å². The van der Waals surface area contributed by atoms with Gasteiger partial charge in [0.15, 0.2) is 0 Å². The van der Waals surface area contributed by atoms with Crippen LogP contribution >= 0.6 is 69.8 Å². The van der Waals surface area contributed by atoms with Crippen LogP contribution in [0, 0.1) is 37.3 Å². The third-order valence-electron chi connectivity index (χ3n) is 19.7. The van der Waals surface area contributed by atoms with Crippen LogP contribution in [0.2, 0.25) is 25.1 Å². The van der Waals surface area contributed by atoms with E-state index in [1.807, 2.05) is 6.92 Å². The molecule has 5 heterocycles. The topological polar surface area (TPSA) is 328 Å². The number of thioether (sulfide) groups is 1. The maximum absolute atomic E-state index is 13.5. The van der Waals surface area contributed by atoms with Crippen molar-refractivity contribution in [1.82, 2.24) is 99.0 Å². The van der Waals surface area contributed by atoms with Gasteiger partial charge in [-0.15, -0.1) is 100 Å². The minimum Gasteiger partial charge on any atom is -0.514 e. The molecule has 0 spiro atoms. The molecule has 0 amide bonds. The Bertz CT molecular complexity index is 7320. The van der Waals surface area contributed by atoms with Crippen LogP contribution in [0.3, 0.4) is 0 Å². The van der Waals surface area contributed by atoms with Crippen LogP contribution in [-0.4, -0.2) is 117 Å². The Morgan fingerprint density at radius 1 is 0.307 bits per heavy atom. The second kappa shape index (κ2) is 56.0. The van der Waals surface area contributed by atoms with E-state index in [1.54, 1.807) is 100 Å². The van der Waals surface area contributed by atoms with E-state index in [9.17, 15) is 103 Å². The molecular formula is C89H70Cl5F18N20O12SY5-5. The molecule has 0 aliphatic rings. The Hall–Kier alpha value is -8.79. The van der Waals surface area contributed by atoms with Gasteiger partial charge in [0.25, 0.3) is 0 Å². The number of rotatable bonds is 26. The zero-order valence-electron chi connectivity index (χ0n) is 78.8. The number of aromatic nitrogens is 20. The van der Waals surface area contributed by atoms with Crippen LogP contribution in [0.4, 0.5) is 79.0 Å². The first-order valence-corrected chi connectivity index (χ1v) is 44.1. The van der Waals surface area contributed by atoms with Gasteiger partial charge in [-0.2, -0.15) is 187 Å². The number of nitrogens with zero attached hydrogens (tertiary/aromatic N) is 20. The number of aryl methyl sites for hydroxylation is 6. The van der Waals surface area contributed by atoms with E-state index in [-0.39, 0.29) is 238 Å². The fourth-order valence-electron chi connectivity index (χ4n) is 12.9. The van der Waals surface area contributed by atoms with Crippen molar-refractivity contribution in [2.75, 3.05) is 12.4 Å². The maximum Gasteiger partial charge on any atom is 0.416 e. The Kier molecular flexibility index (Phi) is 48.5. The van der Waals surface area contributed by atoms with E-state index in [0.29, 0.717) is 79.9 Å². The molecule has 5 radical (unpaired) electrons. The number of ether oxygens (including phenoxy) is 7. The van der Waals surface area contributed by atoms with Crippen LogP contribution < -0.4 is 61.6 Å². The summed E-state index contributed by atoms with van der Waals surface area (Å²) < 4.78 is 287. The van der Waals surface area contributed by atoms with Crippen molar-refractivity contribution in [2.45, 2.75) is 116 Å². The van der Waals surface area contributed by atoms with Gasteiger partial charge in [-0.05, 0) is 174 Å². The van der Waals surface area contributed by atoms with Crippen LogP contribution in [0.25, 0.3) is 28.4 Å². The van der Waals surface area contributed by atoms with Gasteiger partial charge in [-0.3, -0.25) is 0 Å². The number of alkyl halides is 18. The van der Waals surface area contributed by atoms with Crippen molar-refractivity contribution in [3.8, 4) is 68.7 Å². The summed E-state index contributed by atoms with van der Waals surface area (Å²) >= 11 is 30.3. The van der Waals surface area contributed by atoms with Crippen LogP contribution in [0.5, 0.6) is 40.2 Å². The summed E-state index contributed by atoms with van der Waals surface area (Å²) in [6, 6.07) is 42.5. The van der Waals surface area contributed by atoms with Crippen molar-refractivity contribution in [1.29, 1.82) is 0 Å². The van der Waals surface area contributed by atoms with Gasteiger partial charge < -0.3 is 33.2 Å². The molecule has 10 aromatic carbocycles. The van der Waals surface area contributed by atoms with Gasteiger partial charge in [-0.25, -0.2) is 24.0 Å². The predicted molar refractivity (Wildman–Crippen MR) is 484 cm³/mol. The van der Waals surface area contributed by atoms with Gasteiger partial charge in [0.2, 0.25) is 0 Å². The molecule has 0 unspecified atom stereocenters. The van der Waals surface area contributed by atoms with Crippen molar-refractivity contribution in [3.05, 3.63) is 326 Å². The molecule has 0 aliphatic carbocycles. The van der Waals surface area contributed by atoms with E-state index in [2.05, 4.69) is 82.5 Å². The predicted octanol–water partition coefficient (Wildman–Crippen LogP) is 18.7. The number of tetrazole rings is 5. The minimum atomic E-state index is -4.88. The molecule has 61 heteroatoms. The van der Waals surface area contributed by atoms with Crippen molar-refractivity contribution in [3.63, 3.8) is 0 Å². The van der Waals surface area contributed by atoms with E-state index in [1.165, 1.54) is 47.0 Å². The van der Waals surface area contributed by atoms with Crippen LogP contribution in [0.15, 0.2) is 181 Å². The van der Waals surface area contributed by atoms with Gasteiger partial charge in [0.1, 0.15) is 44.5 Å². The third-order valence-corrected chi connectivity index (χ3v) is 21.7. The molecule has 0 atom stereocenters. The Balaban J connectivity index is 0.000000284. The molecule has 5 aromatic heterocycles. The molecular weight excluding hydrogens is 2540 g/mol. The smallest absolute Gasteiger partial charge is 0.416 e. The molecule has 0 aliphatic heterocycles. The number of benzene rings is 10. The molecule has 0 N–H and O–H groups in total. The van der Waals surface area contributed by atoms with Crippen LogP contribution in [-0.2, 0) is 269 Å². The molecule has 0 saturated carbocycles. The first-order valence-electron chi connectivity index (χ1n) is 41.2. The summed E-state index contributed by atoms with van der Waals surface area (Å²) in [4.78, 5) is 61.8. The fraction of sp³-hybridized carbons (Fsp3) is 0.270. The van der Waals surface area contributed by atoms with E-state index in [0.717, 1.165) is 114 Å². The molecule has 0 saturated heterocycles. The van der Waals surface area contributed by atoms with E-state index < -0.39 is 140 Å². The SMILES string of the molecule is CC(C)Oc1cccc(-n2nnn(C)c2=O)c1COc1cc(Cl)[c-]cc1C(F)(F)F.CCOc1cccc(-n2nnn(C)c2=O)c1COc1cc(Cl)[c-]cc1C(F)(F)F.CCSc1cccc(-n2nnn(C)c2=O)c1COc1cc(Cl)[c-]cc1C(F)(F)F.Cc1cccc(-n2nnn(C)c2=O)c1COc1cc(Cl)[c-]cc1C(F)(F)F.Cn1nnn(-c2cccc(C(F)(F)F)c2COc2cc(Cl)[c-]cc2C(F)(F)F)c1=O.[Y].[Y].[Y].[Y].[Y]. The maximum atomic E-state index is 13.5. The molecule has 15 aromatic rings. The normalized spacial score (nSPS) is 11.4. The molecule has 785 valence electrons. The van der Waals surface area contributed by atoms with Gasteiger partial charge in [0, 0.05) is 249 Å². The van der Waals surface area contributed by atoms with Crippen molar-refractivity contribution in [2.24, 2.45) is 35.2 Å². The number of hydrogen-bond donors (Lipinski definition) is 0. The molecule has 32 nitrogen and oxygen atoms in total. The standard InChI is InChI=1S/C19H17ClF3N4O3.C18H15ClF3N4O3.C18H15ClF3N4O2S.C17H10ClF6N4O2.C17H13ClF3N4O2.5Y/c1-11(2)30-16-6-4-5-15(27-18(28)26(3)24-25-27)13(16)10-29-17-9-12(20)7-8-14(17)19(21,22)23;1-3-28-15-6-4-5-14(26-17(27)25(2)23-24-26)12(15)10-29-16-9-11(19)7-8-13(16)18(20,21)22;1-3-29-16-6-4-5-14(26-17(27)25(2)23-24-26)12(16)10-28-15-9-11(19)7-8-13(15)18(20,21)22;1-27-15(29)28(26-25-27)13-4-2-3-11(16(19,20)21)10(13)8-30-14-7-9(18)5-6-12(14)17(22,23)24;1-10-4-3-5-14(25-16(26)24(2)22-23-25)12(10)9-27-15-8-11(18)6-7-13(15)17(19,20)21;;;;;/h4-6,8-9,11H,10H2,1-3H3;2*4-6,8-9H,3,10H2,1-2H3;2-4,6-7H,8H2,1H3;3-5,7-8H,9H2,1-2H3;;;;;/q5*-1;;;;;. The fourth-order valence-corrected chi connectivity index (χ4v) is 14.5. The van der Waals surface area contributed by atoms with Crippen molar-refractivity contribution < 1.29 is 276 Å². The summed E-state index contributed by atoms with van der Waals surface area (Å²) in [5.74, 6) is -1.19. The average Bonchev–Trinajstić information content (AvgIpc) is 0.866. The second-order valence-corrected chi connectivity index (χ2v) is 33.2.